The quantitative estimate of drug-likeness (QED) is 0.833. The van der Waals surface area contributed by atoms with Crippen molar-refractivity contribution in [1.29, 1.82) is 0 Å². The summed E-state index contributed by atoms with van der Waals surface area (Å²) in [5, 5.41) is 6.84. The number of nitrogen functional groups attached to an aromatic ring is 1. The molecule has 0 saturated heterocycles. The molecule has 15 heavy (non-hydrogen) atoms. The fraction of sp³-hybridized carbons (Fsp3) is 0.182. The summed E-state index contributed by atoms with van der Waals surface area (Å²) in [5.74, 6) is 0.515. The highest BCUT2D eigenvalue weighted by Crippen LogP contribution is 2.30. The summed E-state index contributed by atoms with van der Waals surface area (Å²) in [7, 11) is 0. The molecular formula is C11H12BrN3. The van der Waals surface area contributed by atoms with Gasteiger partial charge >= 0.3 is 0 Å². The summed E-state index contributed by atoms with van der Waals surface area (Å²) in [6, 6.07) is 5.98. The van der Waals surface area contributed by atoms with Crippen LogP contribution in [-0.4, -0.2) is 10.2 Å². The van der Waals surface area contributed by atoms with Crippen molar-refractivity contribution in [1.82, 2.24) is 10.2 Å². The van der Waals surface area contributed by atoms with Gasteiger partial charge in [0.15, 0.2) is 0 Å². The topological polar surface area (TPSA) is 54.7 Å². The van der Waals surface area contributed by atoms with Gasteiger partial charge in [-0.1, -0.05) is 28.1 Å². The number of anilines is 1. The lowest BCUT2D eigenvalue weighted by Gasteiger charge is -2.07. The van der Waals surface area contributed by atoms with Gasteiger partial charge in [-0.2, -0.15) is 5.10 Å². The van der Waals surface area contributed by atoms with Gasteiger partial charge in [0.1, 0.15) is 5.82 Å². The molecule has 0 amide bonds. The summed E-state index contributed by atoms with van der Waals surface area (Å²) < 4.78 is 1.13. The highest BCUT2D eigenvalue weighted by atomic mass is 79.9. The van der Waals surface area contributed by atoms with Crippen molar-refractivity contribution in [3.8, 4) is 11.3 Å². The molecule has 0 aliphatic heterocycles. The minimum atomic E-state index is 0.515. The largest absolute Gasteiger partial charge is 0.382 e. The molecule has 0 atom stereocenters. The highest BCUT2D eigenvalue weighted by Gasteiger charge is 2.08. The fourth-order valence-electron chi connectivity index (χ4n) is 1.59. The van der Waals surface area contributed by atoms with Crippen LogP contribution in [0.2, 0.25) is 0 Å². The number of aromatic amines is 1. The van der Waals surface area contributed by atoms with Gasteiger partial charge in [-0.3, -0.25) is 5.10 Å². The zero-order chi connectivity index (χ0) is 11.0. The Balaban J connectivity index is 2.59. The van der Waals surface area contributed by atoms with E-state index >= 15 is 0 Å². The number of rotatable bonds is 1. The van der Waals surface area contributed by atoms with Crippen LogP contribution in [0, 0.1) is 13.8 Å². The van der Waals surface area contributed by atoms with Crippen LogP contribution in [0.1, 0.15) is 11.1 Å². The number of halogens is 1. The van der Waals surface area contributed by atoms with Crippen molar-refractivity contribution >= 4 is 21.7 Å². The molecule has 0 unspecified atom stereocenters. The Morgan fingerprint density at radius 1 is 1.33 bits per heavy atom. The number of H-pyrrole nitrogens is 1. The van der Waals surface area contributed by atoms with Crippen LogP contribution in [0.15, 0.2) is 22.7 Å². The Morgan fingerprint density at radius 3 is 2.67 bits per heavy atom. The van der Waals surface area contributed by atoms with E-state index in [0.717, 1.165) is 15.7 Å². The normalized spacial score (nSPS) is 10.6. The van der Waals surface area contributed by atoms with E-state index < -0.39 is 0 Å². The van der Waals surface area contributed by atoms with Gasteiger partial charge in [-0.05, 0) is 25.0 Å². The van der Waals surface area contributed by atoms with Crippen molar-refractivity contribution in [2.24, 2.45) is 0 Å². The molecule has 0 radical (unpaired) electrons. The molecule has 1 heterocycles. The zero-order valence-corrected chi connectivity index (χ0v) is 10.2. The van der Waals surface area contributed by atoms with Gasteiger partial charge < -0.3 is 5.73 Å². The molecule has 2 rings (SSSR count). The second-order valence-corrected chi connectivity index (χ2v) is 4.37. The summed E-state index contributed by atoms with van der Waals surface area (Å²) in [5.41, 5.74) is 10.1. The van der Waals surface area contributed by atoms with E-state index in [1.165, 1.54) is 11.1 Å². The Labute approximate surface area is 96.8 Å². The first kappa shape index (κ1) is 10.2. The second kappa shape index (κ2) is 3.70. The number of hydrogen-bond donors (Lipinski definition) is 2. The lowest BCUT2D eigenvalue weighted by Crippen LogP contribution is -1.87. The van der Waals surface area contributed by atoms with Crippen LogP contribution >= 0.6 is 15.9 Å². The van der Waals surface area contributed by atoms with Crippen LogP contribution in [0.25, 0.3) is 11.3 Å². The summed E-state index contributed by atoms with van der Waals surface area (Å²) in [6.07, 6.45) is 0. The molecule has 4 heteroatoms. The molecule has 3 N–H and O–H groups in total. The van der Waals surface area contributed by atoms with Crippen LogP contribution < -0.4 is 5.73 Å². The molecule has 2 aromatic rings. The molecule has 0 bridgehead atoms. The SMILES string of the molecule is Cc1ccc(-c2cc(N)n[nH]2)c(C)c1Br. The smallest absolute Gasteiger partial charge is 0.145 e. The summed E-state index contributed by atoms with van der Waals surface area (Å²) >= 11 is 3.57. The molecule has 0 aliphatic carbocycles. The van der Waals surface area contributed by atoms with Gasteiger partial charge in [0.25, 0.3) is 0 Å². The minimum absolute atomic E-state index is 0.515. The molecule has 78 valence electrons. The number of aromatic nitrogens is 2. The molecule has 0 fully saturated rings. The molecule has 0 aliphatic rings. The lowest BCUT2D eigenvalue weighted by molar-refractivity contribution is 1.10. The van der Waals surface area contributed by atoms with Crippen molar-refractivity contribution in [2.75, 3.05) is 5.73 Å². The van der Waals surface area contributed by atoms with Gasteiger partial charge in [-0.25, -0.2) is 0 Å². The number of benzene rings is 1. The highest BCUT2D eigenvalue weighted by molar-refractivity contribution is 9.10. The van der Waals surface area contributed by atoms with Crippen molar-refractivity contribution in [3.63, 3.8) is 0 Å². The Bertz CT molecular complexity index is 503. The zero-order valence-electron chi connectivity index (χ0n) is 8.63. The minimum Gasteiger partial charge on any atom is -0.382 e. The van der Waals surface area contributed by atoms with Gasteiger partial charge in [0.05, 0.1) is 5.69 Å². The monoisotopic (exact) mass is 265 g/mol. The van der Waals surface area contributed by atoms with E-state index in [2.05, 4.69) is 52.1 Å². The molecule has 3 nitrogen and oxygen atoms in total. The van der Waals surface area contributed by atoms with Gasteiger partial charge in [0.2, 0.25) is 0 Å². The third-order valence-electron chi connectivity index (χ3n) is 2.47. The first-order valence-electron chi connectivity index (χ1n) is 4.66. The van der Waals surface area contributed by atoms with E-state index in [1.54, 1.807) is 0 Å². The standard InChI is InChI=1S/C11H12BrN3/c1-6-3-4-8(7(2)11(6)12)9-5-10(13)15-14-9/h3-5H,1-2H3,(H3,13,14,15). The number of nitrogens with two attached hydrogens (primary N) is 1. The van der Waals surface area contributed by atoms with Gasteiger partial charge in [0, 0.05) is 16.1 Å². The summed E-state index contributed by atoms with van der Waals surface area (Å²) in [4.78, 5) is 0. The van der Waals surface area contributed by atoms with E-state index in [1.807, 2.05) is 6.07 Å². The van der Waals surface area contributed by atoms with E-state index in [9.17, 15) is 0 Å². The third kappa shape index (κ3) is 1.77. The van der Waals surface area contributed by atoms with Crippen molar-refractivity contribution < 1.29 is 0 Å². The maximum Gasteiger partial charge on any atom is 0.145 e. The van der Waals surface area contributed by atoms with Crippen molar-refractivity contribution in [3.05, 3.63) is 33.8 Å². The van der Waals surface area contributed by atoms with E-state index in [0.29, 0.717) is 5.82 Å². The number of nitrogens with one attached hydrogen (secondary N) is 1. The Hall–Kier alpha value is -1.29. The van der Waals surface area contributed by atoms with E-state index in [-0.39, 0.29) is 0 Å². The van der Waals surface area contributed by atoms with Gasteiger partial charge in [-0.15, -0.1) is 0 Å². The Kier molecular flexibility index (Phi) is 2.52. The van der Waals surface area contributed by atoms with Crippen molar-refractivity contribution in [2.45, 2.75) is 13.8 Å². The van der Waals surface area contributed by atoms with Crippen LogP contribution in [0.5, 0.6) is 0 Å². The maximum atomic E-state index is 5.58. The summed E-state index contributed by atoms with van der Waals surface area (Å²) in [6.45, 7) is 4.14. The predicted octanol–water partition coefficient (Wildman–Crippen LogP) is 3.04. The molecule has 1 aromatic carbocycles. The number of nitrogens with zero attached hydrogens (tertiary/aromatic N) is 1. The third-order valence-corrected chi connectivity index (χ3v) is 3.69. The van der Waals surface area contributed by atoms with Crippen LogP contribution in [-0.2, 0) is 0 Å². The molecular weight excluding hydrogens is 254 g/mol. The van der Waals surface area contributed by atoms with E-state index in [4.69, 9.17) is 5.73 Å². The molecule has 0 saturated carbocycles. The molecule has 1 aromatic heterocycles. The first-order valence-corrected chi connectivity index (χ1v) is 5.46. The lowest BCUT2D eigenvalue weighted by atomic mass is 10.0. The fourth-order valence-corrected chi connectivity index (χ4v) is 1.93. The second-order valence-electron chi connectivity index (χ2n) is 3.58. The maximum absolute atomic E-state index is 5.58. The number of aryl methyl sites for hydroxylation is 1. The first-order chi connectivity index (χ1) is 7.09. The van der Waals surface area contributed by atoms with Crippen LogP contribution in [0.4, 0.5) is 5.82 Å². The predicted molar refractivity (Wildman–Crippen MR) is 65.6 cm³/mol. The average Bonchev–Trinajstić information content (AvgIpc) is 2.61. The average molecular weight is 266 g/mol. The van der Waals surface area contributed by atoms with Crippen LogP contribution in [0.3, 0.4) is 0 Å². The number of hydrogen-bond acceptors (Lipinski definition) is 2. The Morgan fingerprint density at radius 2 is 2.07 bits per heavy atom. The molecule has 0 spiro atoms.